The van der Waals surface area contributed by atoms with Crippen LogP contribution in [0.4, 0.5) is 4.39 Å². The second-order valence-corrected chi connectivity index (χ2v) is 5.79. The van der Waals surface area contributed by atoms with Gasteiger partial charge in [-0.15, -0.1) is 0 Å². The summed E-state index contributed by atoms with van der Waals surface area (Å²) in [5.41, 5.74) is 1.63. The van der Waals surface area contributed by atoms with Crippen LogP contribution < -0.4 is 0 Å². The number of halogens is 1. The van der Waals surface area contributed by atoms with E-state index in [2.05, 4.69) is 30.7 Å². The van der Waals surface area contributed by atoms with Crippen LogP contribution in [0.1, 0.15) is 30.9 Å². The van der Waals surface area contributed by atoms with Crippen LogP contribution in [0, 0.1) is 29.5 Å². The highest BCUT2D eigenvalue weighted by Crippen LogP contribution is 2.38. The fourth-order valence-electron chi connectivity index (χ4n) is 2.46. The van der Waals surface area contributed by atoms with E-state index in [1.807, 2.05) is 6.07 Å². The average molecular weight is 275 g/mol. The van der Waals surface area contributed by atoms with Gasteiger partial charge in [0.15, 0.2) is 0 Å². The number of aliphatic hydroxyl groups excluding tert-OH is 1. The normalized spacial score (nSPS) is 20.6. The van der Waals surface area contributed by atoms with Crippen LogP contribution in [0.25, 0.3) is 0 Å². The molecule has 0 saturated heterocycles. The van der Waals surface area contributed by atoms with Crippen LogP contribution in [-0.2, 0) is 6.54 Å². The fraction of sp³-hybridized carbons (Fsp3) is 0.529. The molecule has 2 nitrogen and oxygen atoms in total. The summed E-state index contributed by atoms with van der Waals surface area (Å²) < 4.78 is 13.6. The lowest BCUT2D eigenvalue weighted by molar-refractivity contribution is 0.305. The SMILES string of the molecule is CC1CC1CN(C)Cc1cc(F)cc(C#CCCO)c1. The van der Waals surface area contributed by atoms with E-state index < -0.39 is 0 Å². The van der Waals surface area contributed by atoms with Crippen molar-refractivity contribution in [1.82, 2.24) is 4.90 Å². The predicted octanol–water partition coefficient (Wildman–Crippen LogP) is 2.65. The quantitative estimate of drug-likeness (QED) is 0.835. The Morgan fingerprint density at radius 2 is 2.15 bits per heavy atom. The molecule has 0 amide bonds. The molecule has 20 heavy (non-hydrogen) atoms. The van der Waals surface area contributed by atoms with E-state index in [4.69, 9.17) is 5.11 Å². The lowest BCUT2D eigenvalue weighted by atomic mass is 10.1. The monoisotopic (exact) mass is 275 g/mol. The van der Waals surface area contributed by atoms with Crippen LogP contribution in [-0.4, -0.2) is 30.2 Å². The van der Waals surface area contributed by atoms with E-state index in [0.29, 0.717) is 12.0 Å². The molecule has 0 radical (unpaired) electrons. The highest BCUT2D eigenvalue weighted by Gasteiger charge is 2.32. The Hall–Kier alpha value is -1.37. The van der Waals surface area contributed by atoms with Crippen LogP contribution in [0.2, 0.25) is 0 Å². The van der Waals surface area contributed by atoms with Gasteiger partial charge in [-0.1, -0.05) is 18.8 Å². The van der Waals surface area contributed by atoms with Gasteiger partial charge in [0.1, 0.15) is 5.82 Å². The van der Waals surface area contributed by atoms with E-state index in [1.165, 1.54) is 12.5 Å². The lowest BCUT2D eigenvalue weighted by Gasteiger charge is -2.16. The van der Waals surface area contributed by atoms with Crippen LogP contribution in [0.15, 0.2) is 18.2 Å². The number of nitrogens with zero attached hydrogens (tertiary/aromatic N) is 1. The molecule has 1 aliphatic rings. The average Bonchev–Trinajstić information content (AvgIpc) is 3.04. The van der Waals surface area contributed by atoms with Crippen molar-refractivity contribution >= 4 is 0 Å². The minimum atomic E-state index is -0.246. The summed E-state index contributed by atoms with van der Waals surface area (Å²) in [7, 11) is 2.08. The van der Waals surface area contributed by atoms with E-state index in [-0.39, 0.29) is 12.4 Å². The molecule has 1 N–H and O–H groups in total. The van der Waals surface area contributed by atoms with Gasteiger partial charge in [-0.2, -0.15) is 0 Å². The summed E-state index contributed by atoms with van der Waals surface area (Å²) in [4.78, 5) is 2.24. The van der Waals surface area contributed by atoms with Crippen LogP contribution in [0.3, 0.4) is 0 Å². The first-order chi connectivity index (χ1) is 9.58. The van der Waals surface area contributed by atoms with E-state index >= 15 is 0 Å². The Kier molecular flexibility index (Phi) is 5.17. The lowest BCUT2D eigenvalue weighted by Crippen LogP contribution is -2.21. The summed E-state index contributed by atoms with van der Waals surface area (Å²) in [6.07, 6.45) is 1.73. The zero-order valence-electron chi connectivity index (χ0n) is 12.2. The molecule has 108 valence electrons. The highest BCUT2D eigenvalue weighted by atomic mass is 19.1. The molecule has 0 aromatic heterocycles. The molecular formula is C17H22FNO. The van der Waals surface area contributed by atoms with Crippen molar-refractivity contribution in [2.45, 2.75) is 26.3 Å². The third-order valence-electron chi connectivity index (χ3n) is 3.70. The maximum atomic E-state index is 13.6. The molecule has 1 aromatic rings. The number of rotatable bonds is 5. The Labute approximate surface area is 120 Å². The molecule has 2 unspecified atom stereocenters. The van der Waals surface area contributed by atoms with Gasteiger partial charge in [0, 0.05) is 25.1 Å². The molecule has 1 aliphatic carbocycles. The van der Waals surface area contributed by atoms with Crippen LogP contribution >= 0.6 is 0 Å². The molecule has 1 fully saturated rings. The van der Waals surface area contributed by atoms with Crippen molar-refractivity contribution in [2.75, 3.05) is 20.2 Å². The molecule has 1 saturated carbocycles. The van der Waals surface area contributed by atoms with E-state index in [1.54, 1.807) is 6.07 Å². The van der Waals surface area contributed by atoms with Gasteiger partial charge in [0.2, 0.25) is 0 Å². The molecule has 0 aliphatic heterocycles. The topological polar surface area (TPSA) is 23.5 Å². The summed E-state index contributed by atoms with van der Waals surface area (Å²) in [5.74, 6) is 7.11. The summed E-state index contributed by atoms with van der Waals surface area (Å²) in [5, 5.41) is 8.70. The molecule has 0 spiro atoms. The third-order valence-corrected chi connectivity index (χ3v) is 3.70. The van der Waals surface area contributed by atoms with E-state index in [0.717, 1.165) is 30.5 Å². The Bertz CT molecular complexity index is 517. The maximum Gasteiger partial charge on any atom is 0.124 e. The highest BCUT2D eigenvalue weighted by molar-refractivity contribution is 5.37. The standard InChI is InChI=1S/C17H22FNO/c1-13-7-16(13)12-19(2)11-15-8-14(5-3-4-6-20)9-17(18)10-15/h8-10,13,16,20H,4,6-7,11-12H2,1-2H3. The molecule has 2 atom stereocenters. The number of benzene rings is 1. The number of hydrogen-bond acceptors (Lipinski definition) is 2. The third kappa shape index (κ3) is 4.63. The van der Waals surface area contributed by atoms with Crippen molar-refractivity contribution in [3.63, 3.8) is 0 Å². The number of aliphatic hydroxyl groups is 1. The van der Waals surface area contributed by atoms with Gasteiger partial charge in [0.05, 0.1) is 6.61 Å². The minimum Gasteiger partial charge on any atom is -0.395 e. The van der Waals surface area contributed by atoms with Crippen molar-refractivity contribution in [3.8, 4) is 11.8 Å². The smallest absolute Gasteiger partial charge is 0.124 e. The van der Waals surface area contributed by atoms with E-state index in [9.17, 15) is 4.39 Å². The maximum absolute atomic E-state index is 13.6. The van der Waals surface area contributed by atoms with Gasteiger partial charge in [0.25, 0.3) is 0 Å². The second kappa shape index (κ2) is 6.88. The molecule has 0 heterocycles. The molecule has 3 heteroatoms. The molecule has 2 rings (SSSR count). The molecule has 0 bridgehead atoms. The van der Waals surface area contributed by atoms with Crippen molar-refractivity contribution in [2.24, 2.45) is 11.8 Å². The largest absolute Gasteiger partial charge is 0.395 e. The van der Waals surface area contributed by atoms with Gasteiger partial charge in [-0.25, -0.2) is 4.39 Å². The predicted molar refractivity (Wildman–Crippen MR) is 78.6 cm³/mol. The summed E-state index contributed by atoms with van der Waals surface area (Å²) in [6, 6.07) is 4.95. The van der Waals surface area contributed by atoms with Crippen molar-refractivity contribution in [3.05, 3.63) is 35.1 Å². The first-order valence-electron chi connectivity index (χ1n) is 7.16. The second-order valence-electron chi connectivity index (χ2n) is 5.79. The molecular weight excluding hydrogens is 253 g/mol. The summed E-state index contributed by atoms with van der Waals surface area (Å²) in [6.45, 7) is 4.13. The van der Waals surface area contributed by atoms with Gasteiger partial charge >= 0.3 is 0 Å². The molecule has 1 aromatic carbocycles. The van der Waals surface area contributed by atoms with Gasteiger partial charge in [-0.3, -0.25) is 0 Å². The first-order valence-corrected chi connectivity index (χ1v) is 7.16. The van der Waals surface area contributed by atoms with Gasteiger partial charge in [-0.05, 0) is 49.1 Å². The Balaban J connectivity index is 1.98. The fourth-order valence-corrected chi connectivity index (χ4v) is 2.46. The zero-order valence-corrected chi connectivity index (χ0v) is 12.2. The Morgan fingerprint density at radius 1 is 1.40 bits per heavy atom. The van der Waals surface area contributed by atoms with Crippen molar-refractivity contribution in [1.29, 1.82) is 0 Å². The number of hydrogen-bond donors (Lipinski definition) is 1. The minimum absolute atomic E-state index is 0.0392. The summed E-state index contributed by atoms with van der Waals surface area (Å²) >= 11 is 0. The first kappa shape index (κ1) is 15.0. The zero-order chi connectivity index (χ0) is 14.5. The van der Waals surface area contributed by atoms with Crippen molar-refractivity contribution < 1.29 is 9.50 Å². The Morgan fingerprint density at radius 3 is 2.80 bits per heavy atom. The van der Waals surface area contributed by atoms with Crippen LogP contribution in [0.5, 0.6) is 0 Å². The van der Waals surface area contributed by atoms with Gasteiger partial charge < -0.3 is 10.0 Å².